The second kappa shape index (κ2) is 8.01. The van der Waals surface area contributed by atoms with E-state index in [1.807, 2.05) is 0 Å². The van der Waals surface area contributed by atoms with Crippen LogP contribution in [0.4, 0.5) is 6.01 Å². The average Bonchev–Trinajstić information content (AvgIpc) is 3.10. The Labute approximate surface area is 123 Å². The molecule has 0 radical (unpaired) electrons. The molecule has 5 nitrogen and oxygen atoms in total. The van der Waals surface area contributed by atoms with E-state index in [1.165, 1.54) is 4.88 Å². The molecule has 0 aliphatic rings. The monoisotopic (exact) mass is 294 g/mol. The van der Waals surface area contributed by atoms with E-state index in [0.29, 0.717) is 18.5 Å². The predicted molar refractivity (Wildman–Crippen MR) is 81.9 cm³/mol. The van der Waals surface area contributed by atoms with Crippen LogP contribution < -0.4 is 10.6 Å². The highest BCUT2D eigenvalue weighted by Crippen LogP contribution is 2.26. The largest absolute Gasteiger partial charge is 0.407 e. The topological polar surface area (TPSA) is 63.0 Å². The molecule has 0 aliphatic carbocycles. The maximum absolute atomic E-state index is 5.61. The fraction of sp³-hybridized carbons (Fsp3) is 0.571. The molecule has 0 spiro atoms. The van der Waals surface area contributed by atoms with E-state index < -0.39 is 0 Å². The molecule has 1 unspecified atom stereocenters. The third-order valence-corrected chi connectivity index (χ3v) is 3.92. The first kappa shape index (κ1) is 15.0. The van der Waals surface area contributed by atoms with Crippen LogP contribution in [0.3, 0.4) is 0 Å². The van der Waals surface area contributed by atoms with Crippen molar-refractivity contribution in [3.63, 3.8) is 0 Å². The molecule has 0 fully saturated rings. The maximum Gasteiger partial charge on any atom is 0.316 e. The molecule has 0 aromatic carbocycles. The Hall–Kier alpha value is -1.40. The second-order valence-electron chi connectivity index (χ2n) is 4.68. The molecule has 0 amide bonds. The standard InChI is InChI=1S/C14H22N4OS/c1-3-6-11(12-7-5-9-20-12)16-14-18-17-13(19-14)10-15-8-4-2/h5,7,9,11,15H,3-4,6,8,10H2,1-2H3,(H,16,18). The summed E-state index contributed by atoms with van der Waals surface area (Å²) in [5, 5.41) is 16.8. The van der Waals surface area contributed by atoms with Crippen LogP contribution in [0.5, 0.6) is 0 Å². The molecule has 0 saturated carbocycles. The SMILES string of the molecule is CCCNCc1nnc(NC(CCC)c2cccs2)o1. The minimum absolute atomic E-state index is 0.247. The summed E-state index contributed by atoms with van der Waals surface area (Å²) in [6, 6.07) is 4.96. The lowest BCUT2D eigenvalue weighted by Crippen LogP contribution is -2.13. The third kappa shape index (κ3) is 4.31. The third-order valence-electron chi connectivity index (χ3n) is 2.93. The number of thiophene rings is 1. The van der Waals surface area contributed by atoms with Crippen molar-refractivity contribution in [3.8, 4) is 0 Å². The van der Waals surface area contributed by atoms with E-state index in [4.69, 9.17) is 4.42 Å². The Morgan fingerprint density at radius 1 is 1.30 bits per heavy atom. The lowest BCUT2D eigenvalue weighted by Gasteiger charge is -2.14. The maximum atomic E-state index is 5.61. The Morgan fingerprint density at radius 2 is 2.20 bits per heavy atom. The van der Waals surface area contributed by atoms with Gasteiger partial charge in [-0.2, -0.15) is 0 Å². The van der Waals surface area contributed by atoms with Gasteiger partial charge in [0.05, 0.1) is 12.6 Å². The molecular weight excluding hydrogens is 272 g/mol. The van der Waals surface area contributed by atoms with Gasteiger partial charge in [0.25, 0.3) is 0 Å². The van der Waals surface area contributed by atoms with Crippen LogP contribution in [0.15, 0.2) is 21.9 Å². The fourth-order valence-corrected chi connectivity index (χ4v) is 2.78. The van der Waals surface area contributed by atoms with Crippen molar-refractivity contribution in [2.75, 3.05) is 11.9 Å². The summed E-state index contributed by atoms with van der Waals surface area (Å²) in [5.74, 6) is 0.627. The van der Waals surface area contributed by atoms with Crippen molar-refractivity contribution in [3.05, 3.63) is 28.3 Å². The lowest BCUT2D eigenvalue weighted by molar-refractivity contribution is 0.471. The van der Waals surface area contributed by atoms with Gasteiger partial charge in [-0.15, -0.1) is 16.4 Å². The molecule has 2 aromatic rings. The molecule has 2 N–H and O–H groups in total. The minimum atomic E-state index is 0.247. The zero-order chi connectivity index (χ0) is 14.2. The van der Waals surface area contributed by atoms with Crippen LogP contribution in [0.2, 0.25) is 0 Å². The molecule has 110 valence electrons. The first-order valence-corrected chi connectivity index (χ1v) is 8.04. The molecule has 2 heterocycles. The Balaban J connectivity index is 1.93. The van der Waals surface area contributed by atoms with Crippen LogP contribution in [-0.2, 0) is 6.54 Å². The van der Waals surface area contributed by atoms with E-state index >= 15 is 0 Å². The van der Waals surface area contributed by atoms with Crippen molar-refractivity contribution >= 4 is 17.4 Å². The summed E-state index contributed by atoms with van der Waals surface area (Å²) in [7, 11) is 0. The number of hydrogen-bond acceptors (Lipinski definition) is 6. The summed E-state index contributed by atoms with van der Waals surface area (Å²) < 4.78 is 5.61. The molecule has 20 heavy (non-hydrogen) atoms. The molecule has 0 aliphatic heterocycles. The Kier molecular flexibility index (Phi) is 6.01. The lowest BCUT2D eigenvalue weighted by atomic mass is 10.1. The molecule has 2 rings (SSSR count). The van der Waals surface area contributed by atoms with Gasteiger partial charge >= 0.3 is 6.01 Å². The van der Waals surface area contributed by atoms with Gasteiger partial charge in [0.1, 0.15) is 0 Å². The quantitative estimate of drug-likeness (QED) is 0.692. The van der Waals surface area contributed by atoms with Crippen LogP contribution in [0.1, 0.15) is 49.9 Å². The second-order valence-corrected chi connectivity index (χ2v) is 5.66. The first-order chi connectivity index (χ1) is 9.83. The highest BCUT2D eigenvalue weighted by molar-refractivity contribution is 7.10. The number of hydrogen-bond donors (Lipinski definition) is 2. The summed E-state index contributed by atoms with van der Waals surface area (Å²) >= 11 is 1.75. The highest BCUT2D eigenvalue weighted by Gasteiger charge is 2.15. The zero-order valence-corrected chi connectivity index (χ0v) is 12.9. The smallest absolute Gasteiger partial charge is 0.316 e. The van der Waals surface area contributed by atoms with Crippen molar-refractivity contribution in [2.24, 2.45) is 0 Å². The van der Waals surface area contributed by atoms with Crippen LogP contribution >= 0.6 is 11.3 Å². The summed E-state index contributed by atoms with van der Waals surface area (Å²) in [6.45, 7) is 5.89. The summed E-state index contributed by atoms with van der Waals surface area (Å²) in [5.41, 5.74) is 0. The highest BCUT2D eigenvalue weighted by atomic mass is 32.1. The molecule has 0 bridgehead atoms. The van der Waals surface area contributed by atoms with Gasteiger partial charge < -0.3 is 15.1 Å². The number of nitrogens with one attached hydrogen (secondary N) is 2. The predicted octanol–water partition coefficient (Wildman–Crippen LogP) is 3.58. The van der Waals surface area contributed by atoms with Crippen LogP contribution in [-0.4, -0.2) is 16.7 Å². The van der Waals surface area contributed by atoms with E-state index in [9.17, 15) is 0 Å². The first-order valence-electron chi connectivity index (χ1n) is 7.16. The molecule has 2 aromatic heterocycles. The van der Waals surface area contributed by atoms with E-state index in [2.05, 4.69) is 52.2 Å². The van der Waals surface area contributed by atoms with Crippen molar-refractivity contribution in [2.45, 2.75) is 45.7 Å². The van der Waals surface area contributed by atoms with Gasteiger partial charge in [-0.25, -0.2) is 0 Å². The van der Waals surface area contributed by atoms with Gasteiger partial charge in [-0.3, -0.25) is 0 Å². The Bertz CT molecular complexity index is 483. The fourth-order valence-electron chi connectivity index (χ4n) is 1.97. The van der Waals surface area contributed by atoms with E-state index in [1.54, 1.807) is 11.3 Å². The van der Waals surface area contributed by atoms with Crippen molar-refractivity contribution < 1.29 is 4.42 Å². The van der Waals surface area contributed by atoms with Gasteiger partial charge in [0.2, 0.25) is 5.89 Å². The van der Waals surface area contributed by atoms with E-state index in [-0.39, 0.29) is 6.04 Å². The number of aromatic nitrogens is 2. The number of nitrogens with zero attached hydrogens (tertiary/aromatic N) is 2. The van der Waals surface area contributed by atoms with Crippen LogP contribution in [0, 0.1) is 0 Å². The van der Waals surface area contributed by atoms with Gasteiger partial charge in [-0.1, -0.05) is 31.4 Å². The van der Waals surface area contributed by atoms with Crippen molar-refractivity contribution in [1.82, 2.24) is 15.5 Å². The molecule has 0 saturated heterocycles. The van der Waals surface area contributed by atoms with Gasteiger partial charge in [0.15, 0.2) is 0 Å². The van der Waals surface area contributed by atoms with Crippen molar-refractivity contribution in [1.29, 1.82) is 0 Å². The molecule has 6 heteroatoms. The molecule has 1 atom stereocenters. The summed E-state index contributed by atoms with van der Waals surface area (Å²) in [6.07, 6.45) is 3.25. The summed E-state index contributed by atoms with van der Waals surface area (Å²) in [4.78, 5) is 1.30. The van der Waals surface area contributed by atoms with Crippen LogP contribution in [0.25, 0.3) is 0 Å². The molecular formula is C14H22N4OS. The Morgan fingerprint density at radius 3 is 2.90 bits per heavy atom. The number of anilines is 1. The minimum Gasteiger partial charge on any atom is -0.407 e. The van der Waals surface area contributed by atoms with Gasteiger partial charge in [0, 0.05) is 4.88 Å². The average molecular weight is 294 g/mol. The zero-order valence-electron chi connectivity index (χ0n) is 12.1. The van der Waals surface area contributed by atoms with E-state index in [0.717, 1.165) is 25.8 Å². The number of rotatable bonds is 9. The van der Waals surface area contributed by atoms with Gasteiger partial charge in [-0.05, 0) is 30.8 Å². The normalized spacial score (nSPS) is 12.5.